The predicted octanol–water partition coefficient (Wildman–Crippen LogP) is 3.66. The van der Waals surface area contributed by atoms with Gasteiger partial charge in [-0.1, -0.05) is 0 Å². The zero-order chi connectivity index (χ0) is 28.4. The highest BCUT2D eigenvalue weighted by atomic mass is 32.2. The molecule has 0 unspecified atom stereocenters. The zero-order valence-electron chi connectivity index (χ0n) is 16.4. The zero-order valence-corrected chi connectivity index (χ0v) is 14.2. The number of nitrogens with zero attached hydrogens (tertiary/aromatic N) is 1. The minimum absolute atomic E-state index is 2.16. The minimum Gasteiger partial charge on any atom is -0.480 e. The fourth-order valence-electron chi connectivity index (χ4n) is 1.46. The van der Waals surface area contributed by atoms with Gasteiger partial charge < -0.3 is 5.11 Å². The number of carbonyl (C=O) groups is 1. The van der Waals surface area contributed by atoms with Gasteiger partial charge in [-0.2, -0.15) is 70.2 Å². The van der Waals surface area contributed by atoms with E-state index in [1.54, 1.807) is 0 Å². The fraction of sp³-hybridized carbons (Fsp3) is 0.900. The Morgan fingerprint density at radius 1 is 0.742 bits per heavy atom. The molecule has 0 rings (SSSR count). The SMILES string of the molecule is [2H]C([2H])([2H])N(CC(=O)O)S(=O)(=O)C(F)(F)C(F)(F)C(F)(F)C(F)(F)C(F)(F)C(F)(F)C(F)(F)F. The maximum Gasteiger partial charge on any atom is 0.460 e. The van der Waals surface area contributed by atoms with Gasteiger partial charge in [0.1, 0.15) is 6.54 Å². The van der Waals surface area contributed by atoms with E-state index in [0.717, 1.165) is 0 Å². The van der Waals surface area contributed by atoms with E-state index in [4.69, 9.17) is 9.22 Å². The van der Waals surface area contributed by atoms with Crippen LogP contribution in [0.2, 0.25) is 0 Å². The summed E-state index contributed by atoms with van der Waals surface area (Å²) in [6, 6.07) is 0. The van der Waals surface area contributed by atoms with Crippen LogP contribution in [-0.2, 0) is 14.8 Å². The van der Waals surface area contributed by atoms with Crippen LogP contribution in [0.1, 0.15) is 4.11 Å². The van der Waals surface area contributed by atoms with E-state index in [-0.39, 0.29) is 0 Å². The van der Waals surface area contributed by atoms with Gasteiger partial charge in [0.2, 0.25) is 0 Å². The highest BCUT2D eigenvalue weighted by Crippen LogP contribution is 2.63. The van der Waals surface area contributed by atoms with Crippen LogP contribution in [-0.4, -0.2) is 78.4 Å². The van der Waals surface area contributed by atoms with Crippen LogP contribution in [0, 0.1) is 0 Å². The Labute approximate surface area is 164 Å². The van der Waals surface area contributed by atoms with Crippen LogP contribution in [0.25, 0.3) is 0 Å². The van der Waals surface area contributed by atoms with Gasteiger partial charge >= 0.3 is 47.0 Å². The van der Waals surface area contributed by atoms with Crippen LogP contribution in [0.5, 0.6) is 0 Å². The van der Waals surface area contributed by atoms with Crippen LogP contribution < -0.4 is 0 Å². The van der Waals surface area contributed by atoms with E-state index in [0.29, 0.717) is 0 Å². The number of hydrogen-bond donors (Lipinski definition) is 1. The van der Waals surface area contributed by atoms with Crippen molar-refractivity contribution in [3.8, 4) is 0 Å². The van der Waals surface area contributed by atoms with Gasteiger partial charge in [0.15, 0.2) is 0 Å². The molecule has 0 bridgehead atoms. The van der Waals surface area contributed by atoms with Crippen LogP contribution in [0.4, 0.5) is 65.9 Å². The average Bonchev–Trinajstić information content (AvgIpc) is 2.56. The molecule has 0 aromatic heterocycles. The van der Waals surface area contributed by atoms with E-state index in [9.17, 15) is 79.1 Å². The Hall–Kier alpha value is -1.67. The Bertz CT molecular complexity index is 899. The lowest BCUT2D eigenvalue weighted by Gasteiger charge is -2.41. The summed E-state index contributed by atoms with van der Waals surface area (Å²) in [7, 11) is -8.13. The molecule has 0 spiro atoms. The second-order valence-corrected chi connectivity index (χ2v) is 7.20. The first kappa shape index (κ1) is 24.0. The van der Waals surface area contributed by atoms with Gasteiger partial charge in [-0.25, -0.2) is 8.42 Å². The molecule has 0 saturated heterocycles. The third-order valence-corrected chi connectivity index (χ3v) is 4.81. The molecular formula is C10H6F15NO4S. The first-order chi connectivity index (χ1) is 14.3. The monoisotopic (exact) mass is 524 g/mol. The molecule has 0 aliphatic heterocycles. The van der Waals surface area contributed by atoms with Crippen molar-refractivity contribution < 1.29 is 88.3 Å². The number of alkyl halides is 15. The maximum atomic E-state index is 13.9. The third kappa shape index (κ3) is 3.86. The largest absolute Gasteiger partial charge is 0.480 e. The summed E-state index contributed by atoms with van der Waals surface area (Å²) >= 11 is 0. The first-order valence-corrected chi connectivity index (χ1v) is 7.82. The Morgan fingerprint density at radius 3 is 1.35 bits per heavy atom. The van der Waals surface area contributed by atoms with Crippen molar-refractivity contribution in [2.75, 3.05) is 13.5 Å². The van der Waals surface area contributed by atoms with E-state index in [2.05, 4.69) is 0 Å². The van der Waals surface area contributed by atoms with E-state index < -0.39 is 74.9 Å². The number of rotatable bonds is 9. The lowest BCUT2D eigenvalue weighted by atomic mass is 9.94. The lowest BCUT2D eigenvalue weighted by Crippen LogP contribution is -2.73. The number of carboxylic acid groups (broad SMARTS) is 1. The van der Waals surface area contributed by atoms with Crippen LogP contribution in [0.3, 0.4) is 0 Å². The van der Waals surface area contributed by atoms with Gasteiger partial charge in [-0.15, -0.1) is 0 Å². The third-order valence-electron chi connectivity index (χ3n) is 3.19. The molecular weight excluding hydrogens is 515 g/mol. The molecule has 21 heteroatoms. The van der Waals surface area contributed by atoms with Crippen molar-refractivity contribution in [1.29, 1.82) is 0 Å². The molecule has 0 saturated carbocycles. The molecule has 31 heavy (non-hydrogen) atoms. The summed E-state index contributed by atoms with van der Waals surface area (Å²) in [6.07, 6.45) is -7.88. The Morgan fingerprint density at radius 2 is 1.06 bits per heavy atom. The van der Waals surface area contributed by atoms with Crippen LogP contribution >= 0.6 is 0 Å². The Balaban J connectivity index is 7.09. The second-order valence-electron chi connectivity index (χ2n) is 5.29. The number of likely N-dealkylation sites (N-methyl/N-ethyl adjacent to an activating group) is 1. The summed E-state index contributed by atoms with van der Waals surface area (Å²) in [5, 5.41) is 0.268. The topological polar surface area (TPSA) is 74.7 Å². The van der Waals surface area contributed by atoms with Crippen molar-refractivity contribution >= 4 is 16.0 Å². The van der Waals surface area contributed by atoms with E-state index in [1.807, 2.05) is 0 Å². The molecule has 0 fully saturated rings. The molecule has 0 aliphatic carbocycles. The quantitative estimate of drug-likeness (QED) is 0.468. The standard InChI is InChI=1S/C10H6F15NO4S/c1-26(2-3(27)28)31(29,30)10(24,25)8(19,20)6(15,16)4(11,12)5(13,14)7(17,18)9(21,22)23/h2H2,1H3,(H,27,28)/i1D3. The normalized spacial score (nSPS) is 17.9. The number of hydrogen-bond acceptors (Lipinski definition) is 3. The molecule has 186 valence electrons. The Kier molecular flexibility index (Phi) is 5.76. The van der Waals surface area contributed by atoms with E-state index >= 15 is 0 Å². The second kappa shape index (κ2) is 7.44. The maximum absolute atomic E-state index is 13.9. The van der Waals surface area contributed by atoms with E-state index in [1.165, 1.54) is 0 Å². The van der Waals surface area contributed by atoms with Gasteiger partial charge in [0.05, 0.1) is 0 Å². The molecule has 0 aliphatic rings. The van der Waals surface area contributed by atoms with Crippen LogP contribution in [0.15, 0.2) is 0 Å². The van der Waals surface area contributed by atoms with Gasteiger partial charge in [0.25, 0.3) is 10.0 Å². The minimum atomic E-state index is -8.81. The number of aliphatic carboxylic acids is 1. The molecule has 0 radical (unpaired) electrons. The predicted molar refractivity (Wildman–Crippen MR) is 64.9 cm³/mol. The summed E-state index contributed by atoms with van der Waals surface area (Å²) < 4.78 is 237. The molecule has 0 aromatic rings. The molecule has 1 N–H and O–H groups in total. The molecule has 0 amide bonds. The van der Waals surface area contributed by atoms with Gasteiger partial charge in [-0.3, -0.25) is 4.79 Å². The molecule has 0 heterocycles. The van der Waals surface area contributed by atoms with Gasteiger partial charge in [-0.05, 0) is 0 Å². The average molecular weight is 524 g/mol. The lowest BCUT2D eigenvalue weighted by molar-refractivity contribution is -0.447. The summed E-state index contributed by atoms with van der Waals surface area (Å²) in [5.41, 5.74) is 0. The van der Waals surface area contributed by atoms with Crippen molar-refractivity contribution in [1.82, 2.24) is 4.31 Å². The molecule has 0 aromatic carbocycles. The number of carboxylic acids is 1. The fourth-order valence-corrected chi connectivity index (χ4v) is 2.47. The van der Waals surface area contributed by atoms with Gasteiger partial charge in [0, 0.05) is 11.1 Å². The number of sulfonamides is 1. The van der Waals surface area contributed by atoms with Crippen molar-refractivity contribution in [2.24, 2.45) is 0 Å². The number of halogens is 15. The molecule has 0 atom stereocenters. The highest BCUT2D eigenvalue weighted by Gasteiger charge is 2.94. The first-order valence-electron chi connectivity index (χ1n) is 7.88. The van der Waals surface area contributed by atoms with Crippen molar-refractivity contribution in [2.45, 2.75) is 41.0 Å². The van der Waals surface area contributed by atoms with Crippen molar-refractivity contribution in [3.63, 3.8) is 0 Å². The van der Waals surface area contributed by atoms with Crippen molar-refractivity contribution in [3.05, 3.63) is 0 Å². The summed E-state index contributed by atoms with van der Waals surface area (Å²) in [6.45, 7) is -7.56. The smallest absolute Gasteiger partial charge is 0.460 e. The summed E-state index contributed by atoms with van der Waals surface area (Å²) in [4.78, 5) is 10.4. The highest BCUT2D eigenvalue weighted by molar-refractivity contribution is 7.90. The molecule has 5 nitrogen and oxygen atoms in total. The summed E-state index contributed by atoms with van der Waals surface area (Å²) in [5.74, 6) is -45.9.